The van der Waals surface area contributed by atoms with Crippen LogP contribution in [0.5, 0.6) is 0 Å². The lowest BCUT2D eigenvalue weighted by molar-refractivity contribution is -0.123. The smallest absolute Gasteiger partial charge is 0.257 e. The van der Waals surface area contributed by atoms with Gasteiger partial charge in [0.1, 0.15) is 0 Å². The summed E-state index contributed by atoms with van der Waals surface area (Å²) in [5, 5.41) is 2.91. The molecule has 1 saturated heterocycles. The van der Waals surface area contributed by atoms with Crippen LogP contribution in [0.15, 0.2) is 54.1 Å². The Labute approximate surface area is 175 Å². The molecule has 2 bridgehead atoms. The molecule has 3 aliphatic rings. The number of nitrogens with zero attached hydrogens (tertiary/aromatic N) is 1. The van der Waals surface area contributed by atoms with Crippen molar-refractivity contribution in [3.05, 3.63) is 70.8 Å². The number of amides is 3. The maximum absolute atomic E-state index is 13.3. The summed E-state index contributed by atoms with van der Waals surface area (Å²) in [6.45, 7) is 6.05. The predicted molar refractivity (Wildman–Crippen MR) is 115 cm³/mol. The molecule has 152 valence electrons. The third-order valence-electron chi connectivity index (χ3n) is 7.04. The summed E-state index contributed by atoms with van der Waals surface area (Å²) < 4.78 is 0. The first-order valence-corrected chi connectivity index (χ1v) is 10.4. The highest BCUT2D eigenvalue weighted by atomic mass is 16.2. The molecule has 0 unspecified atom stereocenters. The lowest BCUT2D eigenvalue weighted by Crippen LogP contribution is -2.34. The van der Waals surface area contributed by atoms with Gasteiger partial charge >= 0.3 is 0 Å². The molecule has 2 aromatic rings. The molecule has 0 radical (unpaired) electrons. The summed E-state index contributed by atoms with van der Waals surface area (Å²) in [4.78, 5) is 40.9. The number of imide groups is 1. The van der Waals surface area contributed by atoms with Crippen molar-refractivity contribution in [2.45, 2.75) is 27.2 Å². The number of anilines is 2. The number of para-hydroxylation sites is 1. The van der Waals surface area contributed by atoms with E-state index in [0.717, 1.165) is 17.5 Å². The standard InChI is InChI=1S/C25H24N2O3/c1-13-8-9-17(11-14(13)2)26-23(28)18-6-4-5-7-20(18)27-24(29)21-16-10-15(3)19(12-16)22(21)25(27)30/h4-11,16,19,21-22H,12H2,1-3H3,(H,26,28)/t16-,19+,21+,22+/m1/s1. The van der Waals surface area contributed by atoms with Crippen molar-refractivity contribution in [1.82, 2.24) is 0 Å². The second kappa shape index (κ2) is 6.66. The highest BCUT2D eigenvalue weighted by Crippen LogP contribution is 2.56. The molecule has 5 nitrogen and oxygen atoms in total. The van der Waals surface area contributed by atoms with Crippen LogP contribution in [0, 0.1) is 37.5 Å². The zero-order valence-electron chi connectivity index (χ0n) is 17.3. The number of carbonyl (C=O) groups is 3. The van der Waals surface area contributed by atoms with Crippen molar-refractivity contribution in [3.63, 3.8) is 0 Å². The lowest BCUT2D eigenvalue weighted by Gasteiger charge is -2.20. The van der Waals surface area contributed by atoms with Crippen LogP contribution in [0.1, 0.15) is 34.8 Å². The van der Waals surface area contributed by atoms with Crippen LogP contribution < -0.4 is 10.2 Å². The van der Waals surface area contributed by atoms with Crippen LogP contribution >= 0.6 is 0 Å². The van der Waals surface area contributed by atoms with Crippen molar-refractivity contribution < 1.29 is 14.4 Å². The minimum Gasteiger partial charge on any atom is -0.322 e. The predicted octanol–water partition coefficient (Wildman–Crippen LogP) is 4.26. The van der Waals surface area contributed by atoms with Crippen LogP contribution in [-0.2, 0) is 9.59 Å². The van der Waals surface area contributed by atoms with Crippen molar-refractivity contribution in [1.29, 1.82) is 0 Å². The molecule has 2 aromatic carbocycles. The van der Waals surface area contributed by atoms with Crippen molar-refractivity contribution in [3.8, 4) is 0 Å². The van der Waals surface area contributed by atoms with E-state index in [1.165, 1.54) is 10.5 Å². The Hall–Kier alpha value is -3.21. The quantitative estimate of drug-likeness (QED) is 0.618. The molecule has 3 amide bonds. The van der Waals surface area contributed by atoms with E-state index in [1.54, 1.807) is 24.3 Å². The van der Waals surface area contributed by atoms with Gasteiger partial charge in [-0.05, 0) is 74.4 Å². The molecule has 0 spiro atoms. The van der Waals surface area contributed by atoms with Gasteiger partial charge in [-0.3, -0.25) is 14.4 Å². The van der Waals surface area contributed by atoms with Gasteiger partial charge in [-0.15, -0.1) is 0 Å². The first-order chi connectivity index (χ1) is 14.4. The van der Waals surface area contributed by atoms with Crippen LogP contribution in [0.25, 0.3) is 0 Å². The molecular formula is C25H24N2O3. The molecule has 1 saturated carbocycles. The summed E-state index contributed by atoms with van der Waals surface area (Å²) in [5.41, 5.74) is 4.83. The van der Waals surface area contributed by atoms with E-state index in [2.05, 4.69) is 11.4 Å². The number of nitrogens with one attached hydrogen (secondary N) is 1. The van der Waals surface area contributed by atoms with Crippen molar-refractivity contribution in [2.24, 2.45) is 23.7 Å². The van der Waals surface area contributed by atoms with Crippen molar-refractivity contribution in [2.75, 3.05) is 10.2 Å². The fourth-order valence-electron chi connectivity index (χ4n) is 5.39. The average Bonchev–Trinajstić information content (AvgIpc) is 3.35. The van der Waals surface area contributed by atoms with Crippen LogP contribution in [0.2, 0.25) is 0 Å². The molecule has 1 heterocycles. The van der Waals surface area contributed by atoms with Crippen LogP contribution in [0.4, 0.5) is 11.4 Å². The monoisotopic (exact) mass is 400 g/mol. The number of carbonyl (C=O) groups excluding carboxylic acids is 3. The zero-order valence-corrected chi connectivity index (χ0v) is 17.3. The highest BCUT2D eigenvalue weighted by Gasteiger charge is 2.61. The second-order valence-corrected chi connectivity index (χ2v) is 8.75. The number of aryl methyl sites for hydroxylation is 2. The topological polar surface area (TPSA) is 66.5 Å². The molecule has 5 rings (SSSR count). The molecule has 4 atom stereocenters. The molecular weight excluding hydrogens is 376 g/mol. The van der Waals surface area contributed by atoms with Gasteiger partial charge in [-0.1, -0.05) is 29.8 Å². The Balaban J connectivity index is 1.47. The Morgan fingerprint density at radius 2 is 1.70 bits per heavy atom. The molecule has 1 aliphatic heterocycles. The van der Waals surface area contributed by atoms with E-state index < -0.39 is 0 Å². The van der Waals surface area contributed by atoms with Gasteiger partial charge in [0.15, 0.2) is 0 Å². The first kappa shape index (κ1) is 18.8. The highest BCUT2D eigenvalue weighted by molar-refractivity contribution is 6.25. The molecule has 0 aromatic heterocycles. The minimum atomic E-state index is -0.330. The van der Waals surface area contributed by atoms with Gasteiger partial charge < -0.3 is 5.32 Å². The number of hydrogen-bond acceptors (Lipinski definition) is 3. The van der Waals surface area contributed by atoms with E-state index in [4.69, 9.17) is 0 Å². The molecule has 2 fully saturated rings. The Kier molecular flexibility index (Phi) is 4.17. The van der Waals surface area contributed by atoms with Gasteiger partial charge in [0.2, 0.25) is 11.8 Å². The van der Waals surface area contributed by atoms with Gasteiger partial charge in [-0.25, -0.2) is 4.90 Å². The zero-order chi connectivity index (χ0) is 21.2. The summed E-state index contributed by atoms with van der Waals surface area (Å²) in [6.07, 6.45) is 3.04. The molecule has 2 aliphatic carbocycles. The van der Waals surface area contributed by atoms with Gasteiger partial charge in [0, 0.05) is 5.69 Å². The third kappa shape index (κ3) is 2.65. The number of hydrogen-bond donors (Lipinski definition) is 1. The van der Waals surface area contributed by atoms with E-state index >= 15 is 0 Å². The van der Waals surface area contributed by atoms with E-state index in [-0.39, 0.29) is 41.4 Å². The SMILES string of the molecule is CC1=C[C@@H]2C[C@@H]1[C@@H]1C(=O)N(c3ccccc3C(=O)Nc3ccc(C)c(C)c3)C(=O)[C@H]12. The van der Waals surface area contributed by atoms with Crippen LogP contribution in [-0.4, -0.2) is 17.7 Å². The average molecular weight is 400 g/mol. The number of benzene rings is 2. The second-order valence-electron chi connectivity index (χ2n) is 8.75. The number of fused-ring (bicyclic) bond motifs is 5. The lowest BCUT2D eigenvalue weighted by atomic mass is 9.82. The van der Waals surface area contributed by atoms with E-state index in [9.17, 15) is 14.4 Å². The summed E-state index contributed by atoms with van der Waals surface area (Å²) in [7, 11) is 0. The molecule has 5 heteroatoms. The number of rotatable bonds is 3. The summed E-state index contributed by atoms with van der Waals surface area (Å²) in [6, 6.07) is 12.6. The summed E-state index contributed by atoms with van der Waals surface area (Å²) >= 11 is 0. The van der Waals surface area contributed by atoms with Gasteiger partial charge in [-0.2, -0.15) is 0 Å². The largest absolute Gasteiger partial charge is 0.322 e. The van der Waals surface area contributed by atoms with E-state index in [1.807, 2.05) is 39.0 Å². The third-order valence-corrected chi connectivity index (χ3v) is 7.04. The molecule has 30 heavy (non-hydrogen) atoms. The van der Waals surface area contributed by atoms with Crippen LogP contribution in [0.3, 0.4) is 0 Å². The molecule has 1 N–H and O–H groups in total. The Bertz CT molecular complexity index is 1130. The Morgan fingerprint density at radius 3 is 2.47 bits per heavy atom. The normalized spacial score (nSPS) is 26.8. The fraction of sp³-hybridized carbons (Fsp3) is 0.320. The van der Waals surface area contributed by atoms with Gasteiger partial charge in [0.25, 0.3) is 5.91 Å². The maximum atomic E-state index is 13.3. The minimum absolute atomic E-state index is 0.137. The van der Waals surface area contributed by atoms with E-state index in [0.29, 0.717) is 16.9 Å². The fourth-order valence-corrected chi connectivity index (χ4v) is 5.39. The van der Waals surface area contributed by atoms with Crippen molar-refractivity contribution >= 4 is 29.1 Å². The summed E-state index contributed by atoms with van der Waals surface area (Å²) in [5.74, 6) is -0.964. The number of allylic oxidation sites excluding steroid dienone is 2. The first-order valence-electron chi connectivity index (χ1n) is 10.4. The maximum Gasteiger partial charge on any atom is 0.257 e. The Morgan fingerprint density at radius 1 is 0.967 bits per heavy atom. The van der Waals surface area contributed by atoms with Gasteiger partial charge in [0.05, 0.1) is 23.1 Å².